The van der Waals surface area contributed by atoms with E-state index < -0.39 is 17.5 Å². The van der Waals surface area contributed by atoms with Gasteiger partial charge in [-0.25, -0.2) is 0 Å². The Kier molecular flexibility index (Phi) is 14.7. The summed E-state index contributed by atoms with van der Waals surface area (Å²) < 4.78 is 0.983. The number of aliphatic hydroxyl groups excluding tert-OH is 1. The maximum Gasteiger partial charge on any atom is 0.102 e. The van der Waals surface area contributed by atoms with E-state index in [0.29, 0.717) is 19.4 Å². The van der Waals surface area contributed by atoms with Gasteiger partial charge in [-0.3, -0.25) is 0 Å². The highest BCUT2D eigenvalue weighted by Crippen LogP contribution is 2.41. The summed E-state index contributed by atoms with van der Waals surface area (Å²) in [6.45, 7) is 7.71. The summed E-state index contributed by atoms with van der Waals surface area (Å²) in [7, 11) is 2.16. The molecule has 2 aliphatic carbocycles. The molecule has 0 bridgehead atoms. The quantitative estimate of drug-likeness (QED) is 0.547. The van der Waals surface area contributed by atoms with Crippen molar-refractivity contribution >= 4 is 23.0 Å². The van der Waals surface area contributed by atoms with E-state index in [1.807, 2.05) is 0 Å². The summed E-state index contributed by atoms with van der Waals surface area (Å²) in [5.74, 6) is -1.54. The van der Waals surface area contributed by atoms with Gasteiger partial charge in [0.15, 0.2) is 0 Å². The van der Waals surface area contributed by atoms with Crippen LogP contribution in [0.2, 0.25) is 0 Å². The Morgan fingerprint density at radius 1 is 1.00 bits per heavy atom. The number of carbonyl (C=O) groups is 1. The van der Waals surface area contributed by atoms with Crippen LogP contribution in [0.25, 0.3) is 0 Å². The molecular weight excluding hydrogens is 434 g/mol. The van der Waals surface area contributed by atoms with E-state index in [9.17, 15) is 15.0 Å². The molecule has 0 radical (unpaired) electrons. The summed E-state index contributed by atoms with van der Waals surface area (Å²) in [6.07, 6.45) is 11.9. The van der Waals surface area contributed by atoms with Gasteiger partial charge in [0, 0.05) is 11.9 Å². The zero-order valence-corrected chi connectivity index (χ0v) is 20.7. The van der Waals surface area contributed by atoms with Crippen LogP contribution in [0.4, 0.5) is 0 Å². The van der Waals surface area contributed by atoms with Gasteiger partial charge >= 0.3 is 0 Å². The van der Waals surface area contributed by atoms with Gasteiger partial charge in [0.05, 0.1) is 32.3 Å². The van der Waals surface area contributed by atoms with E-state index in [1.165, 1.54) is 12.8 Å². The zero-order chi connectivity index (χ0) is 21.0. The molecule has 5 nitrogen and oxygen atoms in total. The minimum Gasteiger partial charge on any atom is -0.550 e. The van der Waals surface area contributed by atoms with Crippen molar-refractivity contribution in [3.8, 4) is 0 Å². The molecule has 0 spiro atoms. The molecule has 2 N–H and O–H groups in total. The maximum atomic E-state index is 11.6. The molecule has 2 rings (SSSR count). The number of carboxylic acids is 1. The Hall–Kier alpha value is -0.170. The molecular formula is C23H46BrNO4. The highest BCUT2D eigenvalue weighted by atomic mass is 79.9. The molecule has 1 unspecified atom stereocenters. The highest BCUT2D eigenvalue weighted by Gasteiger charge is 2.42. The van der Waals surface area contributed by atoms with Gasteiger partial charge in [0.2, 0.25) is 0 Å². The molecule has 2 aliphatic rings. The van der Waals surface area contributed by atoms with Gasteiger partial charge in [-0.15, -0.1) is 17.0 Å². The van der Waals surface area contributed by atoms with Gasteiger partial charge < -0.3 is 24.6 Å². The number of likely N-dealkylation sites (N-methyl/N-ethyl adjacent to an activating group) is 1. The summed E-state index contributed by atoms with van der Waals surface area (Å²) in [6, 6.07) is 0. The van der Waals surface area contributed by atoms with Crippen LogP contribution in [0.15, 0.2) is 0 Å². The number of hydrogen-bond donors (Lipinski definition) is 2. The number of rotatable bonds is 7. The fourth-order valence-electron chi connectivity index (χ4n) is 4.93. The van der Waals surface area contributed by atoms with E-state index in [2.05, 4.69) is 20.9 Å². The minimum atomic E-state index is -1.02. The molecule has 2 fully saturated rings. The lowest BCUT2D eigenvalue weighted by Gasteiger charge is -2.43. The van der Waals surface area contributed by atoms with E-state index in [0.717, 1.165) is 75.5 Å². The molecule has 6 heteroatoms. The molecule has 0 heterocycles. The number of carbonyl (C=O) groups excluding carboxylic acids is 1. The van der Waals surface area contributed by atoms with Crippen LogP contribution in [0.1, 0.15) is 90.9 Å². The topological polar surface area (TPSA) is 80.6 Å². The van der Waals surface area contributed by atoms with Crippen molar-refractivity contribution in [3.05, 3.63) is 0 Å². The molecule has 0 saturated heterocycles. The molecule has 0 amide bonds. The summed E-state index contributed by atoms with van der Waals surface area (Å²) >= 11 is 0. The van der Waals surface area contributed by atoms with Crippen LogP contribution >= 0.6 is 17.0 Å². The number of quaternary nitrogens is 1. The van der Waals surface area contributed by atoms with Crippen LogP contribution in [-0.4, -0.2) is 59.6 Å². The molecule has 29 heavy (non-hydrogen) atoms. The van der Waals surface area contributed by atoms with Crippen LogP contribution in [-0.2, 0) is 4.79 Å². The lowest BCUT2D eigenvalue weighted by atomic mass is 9.68. The number of carboxylic acid groups (broad SMARTS) is 1. The largest absolute Gasteiger partial charge is 0.550 e. The Morgan fingerprint density at radius 3 is 1.83 bits per heavy atom. The third-order valence-corrected chi connectivity index (χ3v) is 7.34. The Bertz CT molecular complexity index is 429. The Balaban J connectivity index is 0.000000672. The predicted octanol–water partition coefficient (Wildman–Crippen LogP) is 3.45. The summed E-state index contributed by atoms with van der Waals surface area (Å²) in [5.41, 5.74) is -1.01. The maximum absolute atomic E-state index is 11.6. The zero-order valence-electron chi connectivity index (χ0n) is 19.0. The fourth-order valence-corrected chi connectivity index (χ4v) is 4.93. The van der Waals surface area contributed by atoms with Crippen molar-refractivity contribution < 1.29 is 24.6 Å². The second-order valence-corrected chi connectivity index (χ2v) is 9.27. The molecule has 0 aromatic heterocycles. The van der Waals surface area contributed by atoms with Crippen molar-refractivity contribution in [2.24, 2.45) is 11.8 Å². The highest BCUT2D eigenvalue weighted by molar-refractivity contribution is 8.93. The first-order valence-electron chi connectivity index (χ1n) is 11.7. The second kappa shape index (κ2) is 14.8. The van der Waals surface area contributed by atoms with Gasteiger partial charge in [-0.2, -0.15) is 0 Å². The van der Waals surface area contributed by atoms with Crippen molar-refractivity contribution in [1.29, 1.82) is 0 Å². The van der Waals surface area contributed by atoms with Crippen molar-refractivity contribution in [1.82, 2.24) is 0 Å². The lowest BCUT2D eigenvalue weighted by Crippen LogP contribution is -2.52. The molecule has 0 aliphatic heterocycles. The Labute approximate surface area is 189 Å². The number of hydrogen-bond acceptors (Lipinski definition) is 4. The first-order valence-corrected chi connectivity index (χ1v) is 11.7. The predicted molar refractivity (Wildman–Crippen MR) is 122 cm³/mol. The first kappa shape index (κ1) is 28.8. The van der Waals surface area contributed by atoms with Crippen LogP contribution in [0, 0.1) is 11.8 Å². The third-order valence-electron chi connectivity index (χ3n) is 7.34. The second-order valence-electron chi connectivity index (χ2n) is 9.27. The average molecular weight is 481 g/mol. The van der Waals surface area contributed by atoms with Crippen LogP contribution < -0.4 is 5.11 Å². The van der Waals surface area contributed by atoms with E-state index in [-0.39, 0.29) is 22.9 Å². The van der Waals surface area contributed by atoms with Crippen molar-refractivity contribution in [2.75, 3.05) is 33.3 Å². The standard InChI is InChI=1S/C16H28O3.C7H18NO.BrH/c17-15(18)14(13-9-5-4-6-10-13)16(19)11-7-2-1-3-8-12-16;1-4-8(3,5-2)6-7-9;/h13-14,19H,1-12H2,(H,17,18);9H,4-7H2,1-3H3;1H/q;+1;/p-1. The Morgan fingerprint density at radius 2 is 1.45 bits per heavy atom. The molecule has 174 valence electrons. The fraction of sp³-hybridized carbons (Fsp3) is 0.957. The number of aliphatic hydroxyl groups is 2. The van der Waals surface area contributed by atoms with E-state index in [1.54, 1.807) is 0 Å². The SMILES string of the molecule is Br.CC[N+](C)(CC)CCO.O=C([O-])C(C1CCCCC1)C1(O)CCCCCCC1. The van der Waals surface area contributed by atoms with Gasteiger partial charge in [-0.1, -0.05) is 51.4 Å². The molecule has 0 aromatic rings. The average Bonchev–Trinajstić information content (AvgIpc) is 2.66. The van der Waals surface area contributed by atoms with Gasteiger partial charge in [0.25, 0.3) is 0 Å². The van der Waals surface area contributed by atoms with Crippen molar-refractivity contribution in [3.63, 3.8) is 0 Å². The van der Waals surface area contributed by atoms with E-state index in [4.69, 9.17) is 5.11 Å². The molecule has 1 atom stereocenters. The van der Waals surface area contributed by atoms with Crippen LogP contribution in [0.5, 0.6) is 0 Å². The lowest BCUT2D eigenvalue weighted by molar-refractivity contribution is -0.906. The van der Waals surface area contributed by atoms with E-state index >= 15 is 0 Å². The number of nitrogens with zero attached hydrogens (tertiary/aromatic N) is 1. The van der Waals surface area contributed by atoms with Gasteiger partial charge in [-0.05, 0) is 45.4 Å². The monoisotopic (exact) mass is 479 g/mol. The normalized spacial score (nSPS) is 21.6. The third kappa shape index (κ3) is 9.67. The summed E-state index contributed by atoms with van der Waals surface area (Å²) in [4.78, 5) is 11.6. The molecule has 0 aromatic carbocycles. The first-order chi connectivity index (χ1) is 13.3. The van der Waals surface area contributed by atoms with Gasteiger partial charge in [0.1, 0.15) is 6.54 Å². The number of aliphatic carboxylic acids is 1. The summed E-state index contributed by atoms with van der Waals surface area (Å²) in [5, 5.41) is 31.2. The smallest absolute Gasteiger partial charge is 0.102 e. The van der Waals surface area contributed by atoms with Crippen LogP contribution in [0.3, 0.4) is 0 Å². The molecule has 2 saturated carbocycles. The minimum absolute atomic E-state index is 0. The van der Waals surface area contributed by atoms with Crippen molar-refractivity contribution in [2.45, 2.75) is 96.5 Å². The number of halogens is 1.